The summed E-state index contributed by atoms with van der Waals surface area (Å²) in [5.74, 6) is 1.74. The quantitative estimate of drug-likeness (QED) is 0.643. The molecule has 32 heavy (non-hydrogen) atoms. The molecule has 162 valence electrons. The normalized spacial score (nSPS) is 15.7. The van der Waals surface area contributed by atoms with Gasteiger partial charge in [-0.15, -0.1) is 0 Å². The molecule has 0 saturated heterocycles. The van der Waals surface area contributed by atoms with Gasteiger partial charge in [-0.25, -0.2) is 0 Å². The summed E-state index contributed by atoms with van der Waals surface area (Å²) in [7, 11) is 0. The molecule has 0 saturated carbocycles. The van der Waals surface area contributed by atoms with Crippen molar-refractivity contribution < 1.29 is 28.5 Å². The maximum atomic E-state index is 12.8. The van der Waals surface area contributed by atoms with Crippen LogP contribution in [0.25, 0.3) is 0 Å². The van der Waals surface area contributed by atoms with Gasteiger partial charge in [0.25, 0.3) is 11.8 Å². The van der Waals surface area contributed by atoms with Crippen LogP contribution in [0, 0.1) is 0 Å². The number of amides is 2. The summed E-state index contributed by atoms with van der Waals surface area (Å²) in [6, 6.07) is 19.5. The summed E-state index contributed by atoms with van der Waals surface area (Å²) in [6.45, 7) is 0.578. The summed E-state index contributed by atoms with van der Waals surface area (Å²) in [6.07, 6.45) is -0.824. The largest absolute Gasteiger partial charge is 0.485 e. The highest BCUT2D eigenvalue weighted by atomic mass is 16.7. The van der Waals surface area contributed by atoms with Gasteiger partial charge in [-0.3, -0.25) is 9.59 Å². The standard InChI is InChI=1S/C24H20N2O6/c27-23(25-12-15-9-10-19-21(11-15)31-14-30-19)16-5-1-2-6-17(16)26-24(28)22-13-29-18-7-3-4-8-20(18)32-22/h1-11,22H,12-14H2,(H,25,27)(H,26,28)/t22-/m0/s1. The first kappa shape index (κ1) is 19.7. The lowest BCUT2D eigenvalue weighted by Crippen LogP contribution is -2.40. The van der Waals surface area contributed by atoms with Gasteiger partial charge in [0.05, 0.1) is 11.3 Å². The van der Waals surface area contributed by atoms with E-state index in [9.17, 15) is 9.59 Å². The van der Waals surface area contributed by atoms with E-state index in [-0.39, 0.29) is 19.3 Å². The molecule has 2 aliphatic heterocycles. The third-order valence-electron chi connectivity index (χ3n) is 5.12. The minimum Gasteiger partial charge on any atom is -0.485 e. The van der Waals surface area contributed by atoms with Gasteiger partial charge in [-0.1, -0.05) is 30.3 Å². The van der Waals surface area contributed by atoms with Crippen molar-refractivity contribution in [3.63, 3.8) is 0 Å². The van der Waals surface area contributed by atoms with E-state index in [1.807, 2.05) is 30.3 Å². The second kappa shape index (κ2) is 8.50. The van der Waals surface area contributed by atoms with Crippen molar-refractivity contribution in [2.24, 2.45) is 0 Å². The Morgan fingerprint density at radius 2 is 1.59 bits per heavy atom. The van der Waals surface area contributed by atoms with Gasteiger partial charge in [0.15, 0.2) is 23.0 Å². The molecule has 3 aromatic rings. The number of rotatable bonds is 5. The molecule has 2 aliphatic rings. The summed E-state index contributed by atoms with van der Waals surface area (Å²) in [5, 5.41) is 5.65. The second-order valence-electron chi connectivity index (χ2n) is 7.27. The molecule has 8 heteroatoms. The van der Waals surface area contributed by atoms with Crippen LogP contribution in [-0.2, 0) is 11.3 Å². The molecule has 3 aromatic carbocycles. The Balaban J connectivity index is 1.24. The van der Waals surface area contributed by atoms with Crippen molar-refractivity contribution in [2.75, 3.05) is 18.7 Å². The molecule has 0 fully saturated rings. The third kappa shape index (κ3) is 4.02. The predicted octanol–water partition coefficient (Wildman–Crippen LogP) is 3.12. The second-order valence-corrected chi connectivity index (χ2v) is 7.27. The van der Waals surface area contributed by atoms with Gasteiger partial charge in [-0.05, 0) is 42.0 Å². The minimum absolute atomic E-state index is 0.0846. The lowest BCUT2D eigenvalue weighted by molar-refractivity contribution is -0.125. The predicted molar refractivity (Wildman–Crippen MR) is 115 cm³/mol. The first-order chi connectivity index (χ1) is 15.7. The molecular formula is C24H20N2O6. The fourth-order valence-electron chi connectivity index (χ4n) is 3.48. The van der Waals surface area contributed by atoms with Crippen LogP contribution in [0.5, 0.6) is 23.0 Å². The Bertz CT molecular complexity index is 1180. The van der Waals surface area contributed by atoms with Gasteiger partial charge in [0, 0.05) is 6.54 Å². The van der Waals surface area contributed by atoms with Crippen LogP contribution < -0.4 is 29.6 Å². The number of ether oxygens (including phenoxy) is 4. The van der Waals surface area contributed by atoms with Gasteiger partial charge in [0.1, 0.15) is 6.61 Å². The van der Waals surface area contributed by atoms with Gasteiger partial charge < -0.3 is 29.6 Å². The number of fused-ring (bicyclic) bond motifs is 2. The zero-order chi connectivity index (χ0) is 21.9. The highest BCUT2D eigenvalue weighted by Gasteiger charge is 2.28. The van der Waals surface area contributed by atoms with Crippen LogP contribution in [0.1, 0.15) is 15.9 Å². The molecule has 0 aliphatic carbocycles. The van der Waals surface area contributed by atoms with Gasteiger partial charge >= 0.3 is 0 Å². The minimum atomic E-state index is -0.824. The van der Waals surface area contributed by atoms with Crippen molar-refractivity contribution in [3.05, 3.63) is 77.9 Å². The molecule has 2 amide bonds. The maximum absolute atomic E-state index is 12.8. The van der Waals surface area contributed by atoms with E-state index in [4.69, 9.17) is 18.9 Å². The average molecular weight is 432 g/mol. The summed E-state index contributed by atoms with van der Waals surface area (Å²) in [4.78, 5) is 25.6. The van der Waals surface area contributed by atoms with Crippen LogP contribution in [0.4, 0.5) is 5.69 Å². The van der Waals surface area contributed by atoms with E-state index in [1.165, 1.54) is 0 Å². The third-order valence-corrected chi connectivity index (χ3v) is 5.12. The van der Waals surface area contributed by atoms with Crippen LogP contribution in [0.2, 0.25) is 0 Å². The van der Waals surface area contributed by atoms with Crippen LogP contribution in [0.15, 0.2) is 66.7 Å². The molecule has 5 rings (SSSR count). The molecule has 0 aromatic heterocycles. The van der Waals surface area contributed by atoms with E-state index >= 15 is 0 Å². The number of hydrogen-bond acceptors (Lipinski definition) is 6. The average Bonchev–Trinajstić information content (AvgIpc) is 3.30. The maximum Gasteiger partial charge on any atom is 0.269 e. The number of para-hydroxylation sites is 3. The van der Waals surface area contributed by atoms with Crippen LogP contribution in [-0.4, -0.2) is 31.3 Å². The zero-order valence-corrected chi connectivity index (χ0v) is 17.0. The SMILES string of the molecule is O=C(NCc1ccc2c(c1)OCO2)c1ccccc1NC(=O)[C@@H]1COc2ccccc2O1. The smallest absolute Gasteiger partial charge is 0.269 e. The molecule has 0 spiro atoms. The van der Waals surface area contributed by atoms with E-state index in [0.29, 0.717) is 40.8 Å². The topological polar surface area (TPSA) is 95.1 Å². The number of anilines is 1. The number of carbonyl (C=O) groups is 2. The number of carbonyl (C=O) groups excluding carboxylic acids is 2. The Labute approximate surface area is 184 Å². The lowest BCUT2D eigenvalue weighted by atomic mass is 10.1. The van der Waals surface area contributed by atoms with E-state index in [2.05, 4.69) is 10.6 Å². The summed E-state index contributed by atoms with van der Waals surface area (Å²) >= 11 is 0. The summed E-state index contributed by atoms with van der Waals surface area (Å²) in [5.41, 5.74) is 1.61. The fourth-order valence-corrected chi connectivity index (χ4v) is 3.48. The molecule has 2 N–H and O–H groups in total. The van der Waals surface area contributed by atoms with E-state index in [1.54, 1.807) is 36.4 Å². The Kier molecular flexibility index (Phi) is 5.25. The van der Waals surface area contributed by atoms with Crippen molar-refractivity contribution >= 4 is 17.5 Å². The summed E-state index contributed by atoms with van der Waals surface area (Å²) < 4.78 is 22.0. The van der Waals surface area contributed by atoms with Crippen molar-refractivity contribution in [1.82, 2.24) is 5.32 Å². The number of benzene rings is 3. The van der Waals surface area contributed by atoms with Crippen molar-refractivity contribution in [1.29, 1.82) is 0 Å². The highest BCUT2D eigenvalue weighted by molar-refractivity contribution is 6.04. The van der Waals surface area contributed by atoms with Gasteiger partial charge in [-0.2, -0.15) is 0 Å². The first-order valence-corrected chi connectivity index (χ1v) is 10.1. The van der Waals surface area contributed by atoms with Crippen LogP contribution >= 0.6 is 0 Å². The van der Waals surface area contributed by atoms with Crippen molar-refractivity contribution in [3.8, 4) is 23.0 Å². The molecule has 0 bridgehead atoms. The number of hydrogen-bond donors (Lipinski definition) is 2. The Hall–Kier alpha value is -4.20. The van der Waals surface area contributed by atoms with E-state index in [0.717, 1.165) is 5.56 Å². The fraction of sp³-hybridized carbons (Fsp3) is 0.167. The Morgan fingerprint density at radius 1 is 0.844 bits per heavy atom. The molecule has 0 unspecified atom stereocenters. The first-order valence-electron chi connectivity index (χ1n) is 10.1. The van der Waals surface area contributed by atoms with Gasteiger partial charge in [0.2, 0.25) is 12.9 Å². The lowest BCUT2D eigenvalue weighted by Gasteiger charge is -2.25. The number of nitrogens with one attached hydrogen (secondary N) is 2. The van der Waals surface area contributed by atoms with E-state index < -0.39 is 12.0 Å². The molecule has 2 heterocycles. The van der Waals surface area contributed by atoms with Crippen LogP contribution in [0.3, 0.4) is 0 Å². The Morgan fingerprint density at radius 3 is 2.50 bits per heavy atom. The molecule has 0 radical (unpaired) electrons. The van der Waals surface area contributed by atoms with Crippen molar-refractivity contribution in [2.45, 2.75) is 12.6 Å². The molecule has 1 atom stereocenters. The molecule has 8 nitrogen and oxygen atoms in total. The highest BCUT2D eigenvalue weighted by Crippen LogP contribution is 2.33. The monoisotopic (exact) mass is 432 g/mol. The molecular weight excluding hydrogens is 412 g/mol. The zero-order valence-electron chi connectivity index (χ0n) is 17.0.